The zero-order valence-corrected chi connectivity index (χ0v) is 13.7. The molecule has 23 heavy (non-hydrogen) atoms. The molecule has 2 aromatic rings. The number of anilines is 1. The molecule has 1 amide bonds. The van der Waals surface area contributed by atoms with Crippen LogP contribution in [0, 0.1) is 11.7 Å². The van der Waals surface area contributed by atoms with E-state index < -0.39 is 0 Å². The van der Waals surface area contributed by atoms with E-state index in [2.05, 4.69) is 4.90 Å². The van der Waals surface area contributed by atoms with Crippen LogP contribution in [0.2, 0.25) is 0 Å². The lowest BCUT2D eigenvalue weighted by Gasteiger charge is -2.36. The molecule has 0 unspecified atom stereocenters. The zero-order chi connectivity index (χ0) is 16.0. The lowest BCUT2D eigenvalue weighted by molar-refractivity contribution is -0.127. The topological polar surface area (TPSA) is 36.4 Å². The fraction of sp³-hybridized carbons (Fsp3) is 0.412. The Morgan fingerprint density at radius 3 is 2.87 bits per heavy atom. The van der Waals surface area contributed by atoms with E-state index in [-0.39, 0.29) is 11.7 Å². The minimum Gasteiger partial charge on any atom is -0.348 e. The predicted octanol–water partition coefficient (Wildman–Crippen LogP) is 3.01. The van der Waals surface area contributed by atoms with Crippen molar-refractivity contribution in [3.63, 3.8) is 0 Å². The molecular weight excluding hydrogens is 313 g/mol. The Morgan fingerprint density at radius 1 is 1.30 bits per heavy atom. The monoisotopic (exact) mass is 331 g/mol. The lowest BCUT2D eigenvalue weighted by atomic mass is 9.93. The van der Waals surface area contributed by atoms with Gasteiger partial charge in [-0.2, -0.15) is 0 Å². The van der Waals surface area contributed by atoms with Crippen LogP contribution in [-0.4, -0.2) is 42.0 Å². The van der Waals surface area contributed by atoms with E-state index in [4.69, 9.17) is 4.98 Å². The van der Waals surface area contributed by atoms with Crippen molar-refractivity contribution in [3.05, 3.63) is 35.5 Å². The van der Waals surface area contributed by atoms with E-state index in [1.807, 2.05) is 17.3 Å². The number of carbonyl (C=O) groups is 1. The van der Waals surface area contributed by atoms with Gasteiger partial charge in [0.2, 0.25) is 5.91 Å². The van der Waals surface area contributed by atoms with Crippen molar-refractivity contribution < 1.29 is 9.18 Å². The minimum atomic E-state index is -0.235. The molecule has 0 N–H and O–H groups in total. The van der Waals surface area contributed by atoms with Gasteiger partial charge in [0.15, 0.2) is 5.13 Å². The molecule has 4 rings (SSSR count). The number of fused-ring (bicyclic) bond motifs is 1. The number of aromatic nitrogens is 1. The standard InChI is InChI=1S/C17H18FN3OS/c1-20-15-6-7-21(9-12(15)8-16(20)22)17-19-14(10-23-17)11-2-4-13(18)5-3-11/h2-5,10,12,15H,6-9H2,1H3/t12-,15+/m1/s1. The summed E-state index contributed by atoms with van der Waals surface area (Å²) in [5, 5.41) is 3.01. The summed E-state index contributed by atoms with van der Waals surface area (Å²) in [5.74, 6) is 0.425. The molecule has 2 atom stereocenters. The third kappa shape index (κ3) is 2.61. The SMILES string of the molecule is CN1C(=O)C[C@@H]2CN(c3nc(-c4ccc(F)cc4)cs3)CC[C@@H]21. The number of hydrogen-bond acceptors (Lipinski definition) is 4. The summed E-state index contributed by atoms with van der Waals surface area (Å²) in [6, 6.07) is 6.81. The van der Waals surface area contributed by atoms with E-state index >= 15 is 0 Å². The van der Waals surface area contributed by atoms with Gasteiger partial charge in [0.25, 0.3) is 0 Å². The van der Waals surface area contributed by atoms with Crippen molar-refractivity contribution >= 4 is 22.4 Å². The van der Waals surface area contributed by atoms with Crippen LogP contribution in [0.1, 0.15) is 12.8 Å². The normalized spacial score (nSPS) is 24.2. The number of rotatable bonds is 2. The minimum absolute atomic E-state index is 0.235. The Morgan fingerprint density at radius 2 is 2.09 bits per heavy atom. The highest BCUT2D eigenvalue weighted by Crippen LogP contribution is 2.35. The van der Waals surface area contributed by atoms with Crippen molar-refractivity contribution in [2.75, 3.05) is 25.0 Å². The zero-order valence-electron chi connectivity index (χ0n) is 12.9. The van der Waals surface area contributed by atoms with Crippen LogP contribution in [0.4, 0.5) is 9.52 Å². The smallest absolute Gasteiger partial charge is 0.222 e. The van der Waals surface area contributed by atoms with Gasteiger partial charge >= 0.3 is 0 Å². The van der Waals surface area contributed by atoms with Crippen LogP contribution in [-0.2, 0) is 4.79 Å². The first kappa shape index (κ1) is 14.6. The highest BCUT2D eigenvalue weighted by atomic mass is 32.1. The van der Waals surface area contributed by atoms with Gasteiger partial charge < -0.3 is 9.80 Å². The fourth-order valence-corrected chi connectivity index (χ4v) is 4.49. The maximum atomic E-state index is 13.0. The average molecular weight is 331 g/mol. The Hall–Kier alpha value is -1.95. The number of amides is 1. The van der Waals surface area contributed by atoms with Crippen LogP contribution in [0.5, 0.6) is 0 Å². The molecular formula is C17H18FN3OS. The Kier molecular flexibility index (Phi) is 3.56. The van der Waals surface area contributed by atoms with Crippen LogP contribution in [0.15, 0.2) is 29.6 Å². The van der Waals surface area contributed by atoms with Gasteiger partial charge in [0.1, 0.15) is 5.82 Å². The summed E-state index contributed by atoms with van der Waals surface area (Å²) < 4.78 is 13.0. The van der Waals surface area contributed by atoms with Crippen LogP contribution in [0.25, 0.3) is 11.3 Å². The molecule has 120 valence electrons. The maximum Gasteiger partial charge on any atom is 0.222 e. The van der Waals surface area contributed by atoms with E-state index in [9.17, 15) is 9.18 Å². The summed E-state index contributed by atoms with van der Waals surface area (Å²) >= 11 is 1.61. The first-order valence-electron chi connectivity index (χ1n) is 7.84. The second-order valence-electron chi connectivity index (χ2n) is 6.29. The van der Waals surface area contributed by atoms with Gasteiger partial charge in [-0.15, -0.1) is 11.3 Å². The van der Waals surface area contributed by atoms with E-state index in [1.165, 1.54) is 12.1 Å². The summed E-state index contributed by atoms with van der Waals surface area (Å²) in [7, 11) is 1.92. The number of hydrogen-bond donors (Lipinski definition) is 0. The van der Waals surface area contributed by atoms with Gasteiger partial charge in [-0.25, -0.2) is 9.37 Å². The molecule has 2 saturated heterocycles. The highest BCUT2D eigenvalue weighted by molar-refractivity contribution is 7.14. The molecule has 0 radical (unpaired) electrons. The Balaban J connectivity index is 1.51. The molecule has 2 fully saturated rings. The molecule has 2 aliphatic heterocycles. The van der Waals surface area contributed by atoms with Crippen molar-refractivity contribution in [2.24, 2.45) is 5.92 Å². The van der Waals surface area contributed by atoms with Crippen LogP contribution < -0.4 is 4.90 Å². The second-order valence-corrected chi connectivity index (χ2v) is 7.13. The first-order chi connectivity index (χ1) is 11.1. The highest BCUT2D eigenvalue weighted by Gasteiger charge is 2.41. The predicted molar refractivity (Wildman–Crippen MR) is 89.0 cm³/mol. The number of piperidine rings is 1. The molecule has 0 spiro atoms. The number of carbonyl (C=O) groups excluding carboxylic acids is 1. The van der Waals surface area contributed by atoms with Gasteiger partial charge in [-0.05, 0) is 30.7 Å². The van der Waals surface area contributed by atoms with Gasteiger partial charge in [0, 0.05) is 49.5 Å². The van der Waals surface area contributed by atoms with Crippen molar-refractivity contribution in [2.45, 2.75) is 18.9 Å². The molecule has 0 bridgehead atoms. The molecule has 2 aliphatic rings. The molecule has 4 nitrogen and oxygen atoms in total. The first-order valence-corrected chi connectivity index (χ1v) is 8.72. The number of likely N-dealkylation sites (tertiary alicyclic amines) is 1. The Labute approximate surface area is 138 Å². The Bertz CT molecular complexity index is 730. The summed E-state index contributed by atoms with van der Waals surface area (Å²) in [5.41, 5.74) is 1.81. The van der Waals surface area contributed by atoms with E-state index in [0.717, 1.165) is 35.9 Å². The average Bonchev–Trinajstić information content (AvgIpc) is 3.14. The molecule has 1 aromatic heterocycles. The molecule has 3 heterocycles. The third-order valence-electron chi connectivity index (χ3n) is 4.92. The van der Waals surface area contributed by atoms with E-state index in [0.29, 0.717) is 18.4 Å². The molecule has 0 aliphatic carbocycles. The molecule has 1 aromatic carbocycles. The van der Waals surface area contributed by atoms with Gasteiger partial charge in [-0.1, -0.05) is 0 Å². The lowest BCUT2D eigenvalue weighted by Crippen LogP contribution is -2.45. The van der Waals surface area contributed by atoms with Gasteiger partial charge in [0.05, 0.1) is 5.69 Å². The maximum absolute atomic E-state index is 13.0. The number of thiazole rings is 1. The number of benzene rings is 1. The quantitative estimate of drug-likeness (QED) is 0.849. The van der Waals surface area contributed by atoms with Crippen molar-refractivity contribution in [1.29, 1.82) is 0 Å². The molecule has 6 heteroatoms. The van der Waals surface area contributed by atoms with Crippen LogP contribution >= 0.6 is 11.3 Å². The van der Waals surface area contributed by atoms with Crippen LogP contribution in [0.3, 0.4) is 0 Å². The van der Waals surface area contributed by atoms with Gasteiger partial charge in [-0.3, -0.25) is 4.79 Å². The summed E-state index contributed by atoms with van der Waals surface area (Å²) in [4.78, 5) is 20.8. The summed E-state index contributed by atoms with van der Waals surface area (Å²) in [6.45, 7) is 1.81. The third-order valence-corrected chi connectivity index (χ3v) is 5.83. The fourth-order valence-electron chi connectivity index (χ4n) is 3.62. The molecule has 0 saturated carbocycles. The van der Waals surface area contributed by atoms with E-state index in [1.54, 1.807) is 23.5 Å². The number of nitrogens with zero attached hydrogens (tertiary/aromatic N) is 3. The largest absolute Gasteiger partial charge is 0.348 e. The van der Waals surface area contributed by atoms with Crippen molar-refractivity contribution in [3.8, 4) is 11.3 Å². The number of halogens is 1. The van der Waals surface area contributed by atoms with Crippen molar-refractivity contribution in [1.82, 2.24) is 9.88 Å². The summed E-state index contributed by atoms with van der Waals surface area (Å²) in [6.07, 6.45) is 1.65. The second kappa shape index (κ2) is 5.60.